The normalized spacial score (nSPS) is 11.3. The van der Waals surface area contributed by atoms with E-state index in [1.54, 1.807) is 31.2 Å². The second-order valence-corrected chi connectivity index (χ2v) is 5.78. The van der Waals surface area contributed by atoms with Crippen LogP contribution in [0.3, 0.4) is 0 Å². The summed E-state index contributed by atoms with van der Waals surface area (Å²) in [6.07, 6.45) is 3.06. The molecule has 0 saturated heterocycles. The number of rotatable bonds is 7. The summed E-state index contributed by atoms with van der Waals surface area (Å²) in [6, 6.07) is 17.9. The topological polar surface area (TPSA) is 35.5 Å². The number of carbonyl (C=O) groups excluding carboxylic acids is 1. The standard InChI is InChI=1S/C22H18F2O3/c1-2-26-21-13-15(8-12-20(21)27-22(23)24)7-11-19(25)18-10-9-16-5-3-4-6-17(16)14-18/h3-14,22H,2H2,1H3/b11-7+. The summed E-state index contributed by atoms with van der Waals surface area (Å²) in [7, 11) is 0. The Balaban J connectivity index is 1.81. The third-order valence-corrected chi connectivity index (χ3v) is 3.94. The Morgan fingerprint density at radius 1 is 1.00 bits per heavy atom. The Kier molecular flexibility index (Phi) is 5.81. The first-order chi connectivity index (χ1) is 13.1. The van der Waals surface area contributed by atoms with Gasteiger partial charge in [0.05, 0.1) is 6.61 Å². The number of allylic oxidation sites excluding steroid dienone is 1. The number of alkyl halides is 2. The Hall–Kier alpha value is -3.21. The van der Waals surface area contributed by atoms with Crippen molar-refractivity contribution in [1.82, 2.24) is 0 Å². The van der Waals surface area contributed by atoms with Crippen LogP contribution in [-0.4, -0.2) is 19.0 Å². The molecule has 0 aromatic heterocycles. The molecule has 0 bridgehead atoms. The summed E-state index contributed by atoms with van der Waals surface area (Å²) in [6.45, 7) is -0.874. The fourth-order valence-electron chi connectivity index (χ4n) is 2.70. The quantitative estimate of drug-likeness (QED) is 0.394. The van der Waals surface area contributed by atoms with Crippen molar-refractivity contribution >= 4 is 22.6 Å². The highest BCUT2D eigenvalue weighted by Crippen LogP contribution is 2.30. The van der Waals surface area contributed by atoms with Gasteiger partial charge >= 0.3 is 6.61 Å². The van der Waals surface area contributed by atoms with Gasteiger partial charge < -0.3 is 9.47 Å². The van der Waals surface area contributed by atoms with Crippen molar-refractivity contribution < 1.29 is 23.0 Å². The molecular formula is C22H18F2O3. The van der Waals surface area contributed by atoms with Crippen molar-refractivity contribution in [1.29, 1.82) is 0 Å². The van der Waals surface area contributed by atoms with Gasteiger partial charge in [0.15, 0.2) is 17.3 Å². The molecule has 3 nitrogen and oxygen atoms in total. The molecule has 0 radical (unpaired) electrons. The van der Waals surface area contributed by atoms with Crippen molar-refractivity contribution in [3.05, 3.63) is 77.9 Å². The molecule has 0 aliphatic carbocycles. The average Bonchev–Trinajstić information content (AvgIpc) is 2.67. The Morgan fingerprint density at radius 2 is 1.78 bits per heavy atom. The van der Waals surface area contributed by atoms with Gasteiger partial charge in [-0.25, -0.2) is 0 Å². The van der Waals surface area contributed by atoms with Gasteiger partial charge in [0, 0.05) is 5.56 Å². The van der Waals surface area contributed by atoms with Gasteiger partial charge in [0.25, 0.3) is 0 Å². The van der Waals surface area contributed by atoms with Gasteiger partial charge in [-0.2, -0.15) is 8.78 Å². The van der Waals surface area contributed by atoms with Gasteiger partial charge in [0.1, 0.15) is 0 Å². The van der Waals surface area contributed by atoms with Crippen LogP contribution in [-0.2, 0) is 0 Å². The smallest absolute Gasteiger partial charge is 0.387 e. The Labute approximate surface area is 155 Å². The van der Waals surface area contributed by atoms with E-state index >= 15 is 0 Å². The lowest BCUT2D eigenvalue weighted by Gasteiger charge is -2.11. The molecule has 0 aliphatic heterocycles. The number of fused-ring (bicyclic) bond motifs is 1. The number of halogens is 2. The van der Waals surface area contributed by atoms with Crippen molar-refractivity contribution in [2.75, 3.05) is 6.61 Å². The molecule has 0 spiro atoms. The van der Waals surface area contributed by atoms with E-state index in [4.69, 9.17) is 4.74 Å². The summed E-state index contributed by atoms with van der Waals surface area (Å²) in [5.41, 5.74) is 1.22. The minimum Gasteiger partial charge on any atom is -0.490 e. The van der Waals surface area contributed by atoms with E-state index in [-0.39, 0.29) is 17.3 Å². The first-order valence-corrected chi connectivity index (χ1v) is 8.49. The lowest BCUT2D eigenvalue weighted by molar-refractivity contribution is -0.0514. The molecule has 3 aromatic carbocycles. The summed E-state index contributed by atoms with van der Waals surface area (Å²) < 4.78 is 34.7. The number of ketones is 1. The number of benzene rings is 3. The van der Waals surface area contributed by atoms with E-state index in [2.05, 4.69) is 4.74 Å². The van der Waals surface area contributed by atoms with E-state index in [0.29, 0.717) is 17.7 Å². The van der Waals surface area contributed by atoms with E-state index < -0.39 is 6.61 Å². The van der Waals surface area contributed by atoms with Crippen LogP contribution in [0.2, 0.25) is 0 Å². The zero-order valence-corrected chi connectivity index (χ0v) is 14.7. The number of carbonyl (C=O) groups is 1. The third kappa shape index (κ3) is 4.70. The molecule has 138 valence electrons. The predicted octanol–water partition coefficient (Wildman–Crippen LogP) is 5.74. The zero-order chi connectivity index (χ0) is 19.2. The predicted molar refractivity (Wildman–Crippen MR) is 102 cm³/mol. The number of hydrogen-bond acceptors (Lipinski definition) is 3. The molecule has 0 amide bonds. The highest BCUT2D eigenvalue weighted by atomic mass is 19.3. The molecule has 3 rings (SSSR count). The van der Waals surface area contributed by atoms with Crippen LogP contribution < -0.4 is 9.47 Å². The molecule has 0 aliphatic rings. The molecule has 3 aromatic rings. The fourth-order valence-corrected chi connectivity index (χ4v) is 2.70. The van der Waals surface area contributed by atoms with Crippen molar-refractivity contribution in [2.45, 2.75) is 13.5 Å². The SMILES string of the molecule is CCOc1cc(/C=C/C(=O)c2ccc3ccccc3c2)ccc1OC(F)F. The summed E-state index contributed by atoms with van der Waals surface area (Å²) in [5, 5.41) is 2.05. The lowest BCUT2D eigenvalue weighted by atomic mass is 10.0. The van der Waals surface area contributed by atoms with Crippen LogP contribution in [0.25, 0.3) is 16.8 Å². The summed E-state index contributed by atoms with van der Waals surface area (Å²) in [4.78, 5) is 12.4. The van der Waals surface area contributed by atoms with Crippen LogP contribution in [0.15, 0.2) is 66.7 Å². The minimum absolute atomic E-state index is 0.0372. The first-order valence-electron chi connectivity index (χ1n) is 8.49. The maximum Gasteiger partial charge on any atom is 0.387 e. The molecule has 0 saturated carbocycles. The molecule has 0 unspecified atom stereocenters. The fraction of sp³-hybridized carbons (Fsp3) is 0.136. The molecule has 5 heteroatoms. The van der Waals surface area contributed by atoms with Gasteiger partial charge in [-0.1, -0.05) is 48.5 Å². The summed E-state index contributed by atoms with van der Waals surface area (Å²) in [5.74, 6) is 0.0228. The molecular weight excluding hydrogens is 350 g/mol. The van der Waals surface area contributed by atoms with E-state index in [9.17, 15) is 13.6 Å². The van der Waals surface area contributed by atoms with Crippen molar-refractivity contribution in [2.24, 2.45) is 0 Å². The highest BCUT2D eigenvalue weighted by molar-refractivity contribution is 6.08. The molecule has 0 atom stereocenters. The zero-order valence-electron chi connectivity index (χ0n) is 14.7. The maximum atomic E-state index is 12.5. The maximum absolute atomic E-state index is 12.5. The second kappa shape index (κ2) is 8.45. The average molecular weight is 368 g/mol. The Morgan fingerprint density at radius 3 is 2.52 bits per heavy atom. The van der Waals surface area contributed by atoms with Crippen LogP contribution in [0.4, 0.5) is 8.78 Å². The van der Waals surface area contributed by atoms with E-state index in [0.717, 1.165) is 10.8 Å². The van der Waals surface area contributed by atoms with Gasteiger partial charge in [-0.05, 0) is 47.5 Å². The second-order valence-electron chi connectivity index (χ2n) is 5.78. The molecule has 0 fully saturated rings. The van der Waals surface area contributed by atoms with E-state index in [1.165, 1.54) is 12.1 Å². The first kappa shape index (κ1) is 18.6. The molecule has 27 heavy (non-hydrogen) atoms. The van der Waals surface area contributed by atoms with Crippen LogP contribution in [0, 0.1) is 0 Å². The minimum atomic E-state index is -2.93. The van der Waals surface area contributed by atoms with E-state index in [1.807, 2.05) is 36.4 Å². The summed E-state index contributed by atoms with van der Waals surface area (Å²) >= 11 is 0. The van der Waals surface area contributed by atoms with Gasteiger partial charge in [-0.3, -0.25) is 4.79 Å². The monoisotopic (exact) mass is 368 g/mol. The number of hydrogen-bond donors (Lipinski definition) is 0. The Bertz CT molecular complexity index is 980. The number of ether oxygens (including phenoxy) is 2. The van der Waals surface area contributed by atoms with Gasteiger partial charge in [-0.15, -0.1) is 0 Å². The van der Waals surface area contributed by atoms with Crippen LogP contribution >= 0.6 is 0 Å². The molecule has 0 heterocycles. The third-order valence-electron chi connectivity index (χ3n) is 3.94. The van der Waals surface area contributed by atoms with Gasteiger partial charge in [0.2, 0.25) is 0 Å². The van der Waals surface area contributed by atoms with Crippen molar-refractivity contribution in [3.8, 4) is 11.5 Å². The largest absolute Gasteiger partial charge is 0.490 e. The van der Waals surface area contributed by atoms with Crippen LogP contribution in [0.5, 0.6) is 11.5 Å². The lowest BCUT2D eigenvalue weighted by Crippen LogP contribution is -2.04. The van der Waals surface area contributed by atoms with Crippen molar-refractivity contribution in [3.63, 3.8) is 0 Å². The van der Waals surface area contributed by atoms with Crippen LogP contribution in [0.1, 0.15) is 22.8 Å². The molecule has 0 N–H and O–H groups in total. The highest BCUT2D eigenvalue weighted by Gasteiger charge is 2.11.